The van der Waals surface area contributed by atoms with Crippen LogP contribution in [-0.4, -0.2) is 39.8 Å². The van der Waals surface area contributed by atoms with E-state index in [1.54, 1.807) is 24.3 Å². The van der Waals surface area contributed by atoms with E-state index in [-0.39, 0.29) is 24.2 Å². The summed E-state index contributed by atoms with van der Waals surface area (Å²) in [7, 11) is -1.85. The topological polar surface area (TPSA) is 84.9 Å². The molecule has 2 aromatic carbocycles. The zero-order valence-electron chi connectivity index (χ0n) is 17.9. The van der Waals surface area contributed by atoms with Crippen LogP contribution in [0.2, 0.25) is 0 Å². The standard InChI is InChI=1S/C22H28N2O5S/c1-15-6-11-20-18(12-15)19(13-22(2,3)29-20)23-21(25)14-28-17-9-7-16(8-10-17)24(4)30(5,26)27/h6-12,19H,13-14H2,1-5H3,(H,23,25)/t19-/m0/s1. The number of ether oxygens (including phenoxy) is 2. The van der Waals surface area contributed by atoms with Crippen LogP contribution in [0, 0.1) is 6.92 Å². The Bertz CT molecular complexity index is 1030. The van der Waals surface area contributed by atoms with E-state index >= 15 is 0 Å². The smallest absolute Gasteiger partial charge is 0.258 e. The second kappa shape index (κ2) is 8.18. The van der Waals surface area contributed by atoms with Crippen LogP contribution in [0.3, 0.4) is 0 Å². The Labute approximate surface area is 178 Å². The van der Waals surface area contributed by atoms with E-state index in [0.717, 1.165) is 23.1 Å². The minimum absolute atomic E-state index is 0.139. The zero-order valence-corrected chi connectivity index (χ0v) is 18.7. The third-order valence-corrected chi connectivity index (χ3v) is 6.23. The summed E-state index contributed by atoms with van der Waals surface area (Å²) in [4.78, 5) is 12.5. The highest BCUT2D eigenvalue weighted by Gasteiger charge is 2.34. The Morgan fingerprint density at radius 1 is 1.23 bits per heavy atom. The fourth-order valence-electron chi connectivity index (χ4n) is 3.43. The molecule has 3 rings (SSSR count). The molecule has 0 radical (unpaired) electrons. The molecule has 0 saturated carbocycles. The maximum absolute atomic E-state index is 12.5. The van der Waals surface area contributed by atoms with Crippen LogP contribution in [0.1, 0.15) is 37.4 Å². The number of aryl methyl sites for hydroxylation is 1. The average Bonchev–Trinajstić information content (AvgIpc) is 2.65. The molecule has 8 heteroatoms. The SMILES string of the molecule is Cc1ccc2c(c1)[C@@H](NC(=O)COc1ccc(N(C)S(C)(=O)=O)cc1)CC(C)(C)O2. The highest BCUT2D eigenvalue weighted by atomic mass is 32.2. The third kappa shape index (κ3) is 5.24. The molecule has 1 atom stereocenters. The lowest BCUT2D eigenvalue weighted by atomic mass is 9.89. The van der Waals surface area contributed by atoms with Gasteiger partial charge in [-0.05, 0) is 51.1 Å². The molecular weight excluding hydrogens is 404 g/mol. The van der Waals surface area contributed by atoms with Gasteiger partial charge in [-0.15, -0.1) is 0 Å². The number of hydrogen-bond acceptors (Lipinski definition) is 5. The summed E-state index contributed by atoms with van der Waals surface area (Å²) in [5.74, 6) is 1.04. The van der Waals surface area contributed by atoms with Crippen molar-refractivity contribution >= 4 is 21.6 Å². The quantitative estimate of drug-likeness (QED) is 0.758. The molecule has 0 bridgehead atoms. The number of carbonyl (C=O) groups excluding carboxylic acids is 1. The van der Waals surface area contributed by atoms with E-state index in [4.69, 9.17) is 9.47 Å². The van der Waals surface area contributed by atoms with E-state index in [1.807, 2.05) is 39.0 Å². The van der Waals surface area contributed by atoms with Gasteiger partial charge in [0.1, 0.15) is 17.1 Å². The van der Waals surface area contributed by atoms with Crippen LogP contribution in [0.5, 0.6) is 11.5 Å². The largest absolute Gasteiger partial charge is 0.487 e. The van der Waals surface area contributed by atoms with Crippen LogP contribution in [0.4, 0.5) is 5.69 Å². The van der Waals surface area contributed by atoms with Gasteiger partial charge in [-0.25, -0.2) is 8.42 Å². The van der Waals surface area contributed by atoms with Gasteiger partial charge in [0.2, 0.25) is 10.0 Å². The molecule has 7 nitrogen and oxygen atoms in total. The second-order valence-corrected chi connectivity index (χ2v) is 10.3. The van der Waals surface area contributed by atoms with E-state index in [1.165, 1.54) is 11.4 Å². The van der Waals surface area contributed by atoms with Crippen LogP contribution in [0.15, 0.2) is 42.5 Å². The number of amides is 1. The van der Waals surface area contributed by atoms with Gasteiger partial charge in [0.25, 0.3) is 5.91 Å². The lowest BCUT2D eigenvalue weighted by Gasteiger charge is -2.38. The molecule has 30 heavy (non-hydrogen) atoms. The van der Waals surface area contributed by atoms with Gasteiger partial charge in [-0.1, -0.05) is 17.7 Å². The molecule has 162 valence electrons. The number of nitrogens with zero attached hydrogens (tertiary/aromatic N) is 1. The monoisotopic (exact) mass is 432 g/mol. The molecule has 1 aliphatic rings. The normalized spacial score (nSPS) is 17.4. The summed E-state index contributed by atoms with van der Waals surface area (Å²) in [5, 5.41) is 3.05. The van der Waals surface area contributed by atoms with Crippen LogP contribution in [0.25, 0.3) is 0 Å². The number of sulfonamides is 1. The maximum atomic E-state index is 12.5. The van der Waals surface area contributed by atoms with E-state index in [9.17, 15) is 13.2 Å². The number of benzene rings is 2. The van der Waals surface area contributed by atoms with Crippen molar-refractivity contribution in [2.45, 2.75) is 38.8 Å². The van der Waals surface area contributed by atoms with E-state index in [2.05, 4.69) is 5.32 Å². The fourth-order valence-corrected chi connectivity index (χ4v) is 3.94. The number of hydrogen-bond donors (Lipinski definition) is 1. The number of carbonyl (C=O) groups is 1. The fraction of sp³-hybridized carbons (Fsp3) is 0.409. The number of rotatable bonds is 6. The highest BCUT2D eigenvalue weighted by molar-refractivity contribution is 7.92. The van der Waals surface area contributed by atoms with Crippen molar-refractivity contribution in [3.05, 3.63) is 53.6 Å². The van der Waals surface area contributed by atoms with Crippen molar-refractivity contribution in [3.8, 4) is 11.5 Å². The van der Waals surface area contributed by atoms with E-state index in [0.29, 0.717) is 17.9 Å². The molecule has 0 saturated heterocycles. The number of anilines is 1. The predicted octanol–water partition coefficient (Wildman–Crippen LogP) is 3.19. The summed E-state index contributed by atoms with van der Waals surface area (Å²) in [6, 6.07) is 12.4. The highest BCUT2D eigenvalue weighted by Crippen LogP contribution is 2.39. The first kappa shape index (κ1) is 22.0. The zero-order chi connectivity index (χ0) is 22.1. The molecule has 0 aliphatic carbocycles. The van der Waals surface area contributed by atoms with Crippen molar-refractivity contribution in [1.82, 2.24) is 5.32 Å². The molecule has 1 heterocycles. The molecule has 1 amide bonds. The molecule has 0 fully saturated rings. The molecule has 1 aliphatic heterocycles. The van der Waals surface area contributed by atoms with Crippen molar-refractivity contribution in [3.63, 3.8) is 0 Å². The lowest BCUT2D eigenvalue weighted by molar-refractivity contribution is -0.124. The summed E-state index contributed by atoms with van der Waals surface area (Å²) >= 11 is 0. The van der Waals surface area contributed by atoms with Crippen LogP contribution in [-0.2, 0) is 14.8 Å². The Morgan fingerprint density at radius 2 is 1.90 bits per heavy atom. The first-order chi connectivity index (χ1) is 13.9. The van der Waals surface area contributed by atoms with Crippen molar-refractivity contribution in [2.24, 2.45) is 0 Å². The van der Waals surface area contributed by atoms with Crippen LogP contribution < -0.4 is 19.1 Å². The first-order valence-corrected chi connectivity index (χ1v) is 11.6. The molecule has 0 spiro atoms. The van der Waals surface area contributed by atoms with Crippen molar-refractivity contribution in [2.75, 3.05) is 24.2 Å². The molecule has 0 aromatic heterocycles. The Hall–Kier alpha value is -2.74. The lowest BCUT2D eigenvalue weighted by Crippen LogP contribution is -2.42. The minimum atomic E-state index is -3.33. The summed E-state index contributed by atoms with van der Waals surface area (Å²) in [6.07, 6.45) is 1.79. The molecule has 2 aromatic rings. The summed E-state index contributed by atoms with van der Waals surface area (Å²) < 4.78 is 36.0. The van der Waals surface area contributed by atoms with Gasteiger partial charge in [0, 0.05) is 19.0 Å². The number of nitrogens with one attached hydrogen (secondary N) is 1. The maximum Gasteiger partial charge on any atom is 0.258 e. The van der Waals surface area contributed by atoms with Crippen molar-refractivity contribution < 1.29 is 22.7 Å². The van der Waals surface area contributed by atoms with E-state index < -0.39 is 10.0 Å². The Morgan fingerprint density at radius 3 is 2.53 bits per heavy atom. The Balaban J connectivity index is 1.63. The van der Waals surface area contributed by atoms with Gasteiger partial charge in [0.15, 0.2) is 6.61 Å². The predicted molar refractivity (Wildman–Crippen MR) is 117 cm³/mol. The average molecular weight is 433 g/mol. The summed E-state index contributed by atoms with van der Waals surface area (Å²) in [5.41, 5.74) is 2.20. The van der Waals surface area contributed by atoms with Gasteiger partial charge in [-0.2, -0.15) is 0 Å². The van der Waals surface area contributed by atoms with Gasteiger partial charge in [-0.3, -0.25) is 9.10 Å². The first-order valence-electron chi connectivity index (χ1n) is 9.70. The van der Waals surface area contributed by atoms with Gasteiger partial charge >= 0.3 is 0 Å². The number of fused-ring (bicyclic) bond motifs is 1. The van der Waals surface area contributed by atoms with Gasteiger partial charge in [0.05, 0.1) is 18.0 Å². The Kier molecular flexibility index (Phi) is 5.99. The molecule has 0 unspecified atom stereocenters. The van der Waals surface area contributed by atoms with Crippen molar-refractivity contribution in [1.29, 1.82) is 0 Å². The summed E-state index contributed by atoms with van der Waals surface area (Å²) in [6.45, 7) is 5.87. The third-order valence-electron chi connectivity index (χ3n) is 5.03. The van der Waals surface area contributed by atoms with Crippen LogP contribution >= 0.6 is 0 Å². The molecule has 1 N–H and O–H groups in total. The molecular formula is C22H28N2O5S. The second-order valence-electron chi connectivity index (χ2n) is 8.24. The minimum Gasteiger partial charge on any atom is -0.487 e. The van der Waals surface area contributed by atoms with Gasteiger partial charge < -0.3 is 14.8 Å².